The molecular formula is C12H12N2S. The van der Waals surface area contributed by atoms with Crippen molar-refractivity contribution in [2.24, 2.45) is 0 Å². The Hall–Kier alpha value is -1.48. The first kappa shape index (κ1) is 10.1. The summed E-state index contributed by atoms with van der Waals surface area (Å²) in [7, 11) is -0.669. The van der Waals surface area contributed by atoms with Gasteiger partial charge in [0.2, 0.25) is 0 Å². The Morgan fingerprint density at radius 2 is 1.80 bits per heavy atom. The number of pyridine rings is 1. The van der Waals surface area contributed by atoms with E-state index < -0.39 is 10.7 Å². The molecule has 1 aromatic heterocycles. The molecule has 0 fully saturated rings. The summed E-state index contributed by atoms with van der Waals surface area (Å²) in [5.41, 5.74) is 1.15. The van der Waals surface area contributed by atoms with Crippen LogP contribution in [0.1, 0.15) is 5.56 Å². The number of hydrogen-bond acceptors (Lipinski definition) is 2. The fraction of sp³-hybridized carbons (Fsp3) is 0.0833. The Morgan fingerprint density at radius 3 is 2.47 bits per heavy atom. The van der Waals surface area contributed by atoms with E-state index in [2.05, 4.69) is 4.98 Å². The van der Waals surface area contributed by atoms with Crippen molar-refractivity contribution < 1.29 is 0 Å². The highest BCUT2D eigenvalue weighted by Gasteiger charge is 2.05. The first-order valence-electron chi connectivity index (χ1n) is 4.71. The molecule has 1 aromatic carbocycles. The molecule has 0 saturated carbocycles. The lowest BCUT2D eigenvalue weighted by Crippen LogP contribution is -1.95. The van der Waals surface area contributed by atoms with Gasteiger partial charge in [-0.3, -0.25) is 4.78 Å². The minimum absolute atomic E-state index is 0.669. The van der Waals surface area contributed by atoms with Gasteiger partial charge in [-0.15, -0.1) is 0 Å². The van der Waals surface area contributed by atoms with Gasteiger partial charge in [0.1, 0.15) is 5.03 Å². The van der Waals surface area contributed by atoms with Gasteiger partial charge in [-0.1, -0.05) is 24.3 Å². The number of benzene rings is 1. The molecule has 76 valence electrons. The van der Waals surface area contributed by atoms with Crippen LogP contribution in [-0.2, 0) is 10.7 Å². The molecular weight excluding hydrogens is 204 g/mol. The van der Waals surface area contributed by atoms with E-state index in [4.69, 9.17) is 4.78 Å². The predicted octanol–water partition coefficient (Wildman–Crippen LogP) is 3.19. The van der Waals surface area contributed by atoms with E-state index in [1.165, 1.54) is 0 Å². The second-order valence-corrected chi connectivity index (χ2v) is 4.71. The third-order valence-corrected chi connectivity index (χ3v) is 3.72. The summed E-state index contributed by atoms with van der Waals surface area (Å²) >= 11 is 0. The molecule has 0 aliphatic rings. The topological polar surface area (TPSA) is 36.7 Å². The average molecular weight is 216 g/mol. The zero-order valence-electron chi connectivity index (χ0n) is 8.47. The van der Waals surface area contributed by atoms with Crippen LogP contribution in [0, 0.1) is 11.7 Å². The normalized spacial score (nSPS) is 12.3. The molecule has 1 unspecified atom stereocenters. The van der Waals surface area contributed by atoms with E-state index in [9.17, 15) is 0 Å². The van der Waals surface area contributed by atoms with Crippen LogP contribution < -0.4 is 0 Å². The Kier molecular flexibility index (Phi) is 2.92. The smallest absolute Gasteiger partial charge is 0.111 e. The minimum atomic E-state index is -0.669. The highest BCUT2D eigenvalue weighted by molar-refractivity contribution is 7.86. The van der Waals surface area contributed by atoms with Crippen LogP contribution in [0.25, 0.3) is 0 Å². The van der Waals surface area contributed by atoms with E-state index in [0.29, 0.717) is 0 Å². The maximum absolute atomic E-state index is 8.16. The molecule has 2 rings (SSSR count). The maximum atomic E-state index is 8.16. The second kappa shape index (κ2) is 4.36. The SMILES string of the molecule is Cc1ccccc1S(=N)c1ccccn1. The minimum Gasteiger partial charge on any atom is -0.269 e. The zero-order valence-corrected chi connectivity index (χ0v) is 9.29. The van der Waals surface area contributed by atoms with Gasteiger partial charge in [-0.2, -0.15) is 0 Å². The fourth-order valence-corrected chi connectivity index (χ4v) is 2.58. The maximum Gasteiger partial charge on any atom is 0.111 e. The molecule has 1 N–H and O–H groups in total. The fourth-order valence-electron chi connectivity index (χ4n) is 1.37. The highest BCUT2D eigenvalue weighted by atomic mass is 32.2. The van der Waals surface area contributed by atoms with Crippen LogP contribution in [0.3, 0.4) is 0 Å². The number of aryl methyl sites for hydroxylation is 1. The molecule has 3 heteroatoms. The van der Waals surface area contributed by atoms with Crippen molar-refractivity contribution in [1.82, 2.24) is 4.98 Å². The van der Waals surface area contributed by atoms with Crippen molar-refractivity contribution in [1.29, 1.82) is 4.78 Å². The van der Waals surface area contributed by atoms with Gasteiger partial charge in [-0.25, -0.2) is 4.98 Å². The van der Waals surface area contributed by atoms with Gasteiger partial charge in [0.05, 0.1) is 0 Å². The van der Waals surface area contributed by atoms with Crippen LogP contribution >= 0.6 is 0 Å². The van der Waals surface area contributed by atoms with Gasteiger partial charge in [0.15, 0.2) is 0 Å². The Balaban J connectivity index is 2.42. The first-order valence-corrected chi connectivity index (χ1v) is 5.93. The van der Waals surface area contributed by atoms with Gasteiger partial charge in [0.25, 0.3) is 0 Å². The van der Waals surface area contributed by atoms with E-state index in [0.717, 1.165) is 15.5 Å². The van der Waals surface area contributed by atoms with E-state index >= 15 is 0 Å². The van der Waals surface area contributed by atoms with Crippen molar-refractivity contribution >= 4 is 10.7 Å². The summed E-state index contributed by atoms with van der Waals surface area (Å²) in [6.07, 6.45) is 1.74. The molecule has 0 radical (unpaired) electrons. The number of hydrogen-bond donors (Lipinski definition) is 1. The van der Waals surface area contributed by atoms with Crippen molar-refractivity contribution in [2.75, 3.05) is 0 Å². The molecule has 1 atom stereocenters. The summed E-state index contributed by atoms with van der Waals surface area (Å²) in [4.78, 5) is 5.27. The van der Waals surface area contributed by atoms with Crippen LogP contribution in [0.15, 0.2) is 58.6 Å². The lowest BCUT2D eigenvalue weighted by molar-refractivity contribution is 1.11. The molecule has 0 saturated heterocycles. The molecule has 2 nitrogen and oxygen atoms in total. The molecule has 0 aliphatic carbocycles. The van der Waals surface area contributed by atoms with Crippen molar-refractivity contribution in [2.45, 2.75) is 16.8 Å². The largest absolute Gasteiger partial charge is 0.269 e. The van der Waals surface area contributed by atoms with Gasteiger partial charge < -0.3 is 0 Å². The van der Waals surface area contributed by atoms with E-state index in [1.807, 2.05) is 49.4 Å². The first-order chi connectivity index (χ1) is 7.29. The number of rotatable bonds is 2. The highest BCUT2D eigenvalue weighted by Crippen LogP contribution is 2.18. The summed E-state index contributed by atoms with van der Waals surface area (Å²) in [5, 5.41) is 0.826. The molecule has 15 heavy (non-hydrogen) atoms. The number of aromatic nitrogens is 1. The Morgan fingerprint density at radius 1 is 1.07 bits per heavy atom. The second-order valence-electron chi connectivity index (χ2n) is 3.24. The molecule has 0 spiro atoms. The summed E-state index contributed by atoms with van der Waals surface area (Å²) in [6, 6.07) is 13.7. The summed E-state index contributed by atoms with van der Waals surface area (Å²) < 4.78 is 8.16. The van der Waals surface area contributed by atoms with Gasteiger partial charge in [-0.05, 0) is 41.4 Å². The Bertz CT molecular complexity index is 480. The van der Waals surface area contributed by atoms with Gasteiger partial charge >= 0.3 is 0 Å². The lowest BCUT2D eigenvalue weighted by atomic mass is 10.2. The molecule has 0 amide bonds. The quantitative estimate of drug-likeness (QED) is 0.822. The number of nitrogens with one attached hydrogen (secondary N) is 1. The molecule has 1 heterocycles. The van der Waals surface area contributed by atoms with Crippen LogP contribution in [0.5, 0.6) is 0 Å². The van der Waals surface area contributed by atoms with Crippen molar-refractivity contribution in [3.05, 3.63) is 54.2 Å². The summed E-state index contributed by atoms with van der Waals surface area (Å²) in [6.45, 7) is 2.03. The Labute approximate surface area is 91.9 Å². The summed E-state index contributed by atoms with van der Waals surface area (Å²) in [5.74, 6) is 0. The van der Waals surface area contributed by atoms with Crippen LogP contribution in [0.4, 0.5) is 0 Å². The molecule has 0 bridgehead atoms. The van der Waals surface area contributed by atoms with E-state index in [-0.39, 0.29) is 0 Å². The standard InChI is InChI=1S/C12H12N2S/c1-10-6-2-3-7-11(10)15(13)12-8-4-5-9-14-12/h2-9,13H,1H3. The predicted molar refractivity (Wildman–Crippen MR) is 62.0 cm³/mol. The monoisotopic (exact) mass is 216 g/mol. The average Bonchev–Trinajstić information content (AvgIpc) is 2.30. The third kappa shape index (κ3) is 2.13. The lowest BCUT2D eigenvalue weighted by Gasteiger charge is -2.07. The zero-order chi connectivity index (χ0) is 10.7. The molecule has 2 aromatic rings. The van der Waals surface area contributed by atoms with Crippen molar-refractivity contribution in [3.8, 4) is 0 Å². The van der Waals surface area contributed by atoms with Crippen molar-refractivity contribution in [3.63, 3.8) is 0 Å². The number of nitrogens with zero attached hydrogens (tertiary/aromatic N) is 1. The van der Waals surface area contributed by atoms with E-state index in [1.54, 1.807) is 6.20 Å². The van der Waals surface area contributed by atoms with Crippen LogP contribution in [-0.4, -0.2) is 4.98 Å². The van der Waals surface area contributed by atoms with Crippen LogP contribution in [0.2, 0.25) is 0 Å². The van der Waals surface area contributed by atoms with Gasteiger partial charge in [0, 0.05) is 11.1 Å². The molecule has 0 aliphatic heterocycles. The third-order valence-electron chi connectivity index (χ3n) is 2.16.